The Morgan fingerprint density at radius 2 is 1.88 bits per heavy atom. The van der Waals surface area contributed by atoms with E-state index >= 15 is 0 Å². The highest BCUT2D eigenvalue weighted by Crippen LogP contribution is 2.19. The lowest BCUT2D eigenvalue weighted by atomic mass is 10.0. The Labute approximate surface area is 97.3 Å². The van der Waals surface area contributed by atoms with Gasteiger partial charge < -0.3 is 4.74 Å². The lowest BCUT2D eigenvalue weighted by molar-refractivity contribution is -0.384. The molecule has 0 aliphatic carbocycles. The van der Waals surface area contributed by atoms with Gasteiger partial charge >= 0.3 is 5.97 Å². The summed E-state index contributed by atoms with van der Waals surface area (Å²) in [7, 11) is 1.17. The number of carbonyl (C=O) groups is 2. The number of Topliss-reactive ketones (excluding diaryl/α,β-unsaturated/α-hetero) is 1. The van der Waals surface area contributed by atoms with Crippen molar-refractivity contribution in [3.8, 4) is 0 Å². The molecule has 0 N–H and O–H groups in total. The molecule has 0 heterocycles. The maximum atomic E-state index is 11.5. The second-order valence-corrected chi connectivity index (χ2v) is 3.29. The summed E-state index contributed by atoms with van der Waals surface area (Å²) in [5, 5.41) is 10.7. The van der Waals surface area contributed by atoms with Crippen molar-refractivity contribution in [2.75, 3.05) is 7.11 Å². The number of methoxy groups -OCH3 is 1. The van der Waals surface area contributed by atoms with Crippen LogP contribution in [0.1, 0.15) is 34.1 Å². The van der Waals surface area contributed by atoms with Crippen LogP contribution < -0.4 is 0 Å². The van der Waals surface area contributed by atoms with Crippen molar-refractivity contribution in [1.29, 1.82) is 0 Å². The number of benzene rings is 1. The van der Waals surface area contributed by atoms with Crippen molar-refractivity contribution >= 4 is 17.4 Å². The highest BCUT2D eigenvalue weighted by Gasteiger charge is 2.17. The Hall–Kier alpha value is -2.24. The van der Waals surface area contributed by atoms with E-state index in [1.807, 2.05) is 0 Å². The number of nitro groups is 1. The number of nitrogens with zero attached hydrogens (tertiary/aromatic N) is 1. The SMILES string of the molecule is CCC(=O)c1cc(C(=O)OC)cc([N+](=O)[O-])c1. The number of hydrogen-bond donors (Lipinski definition) is 0. The van der Waals surface area contributed by atoms with Crippen LogP contribution in [0.5, 0.6) is 0 Å². The van der Waals surface area contributed by atoms with E-state index in [0.717, 1.165) is 12.1 Å². The minimum absolute atomic E-state index is 0.00139. The molecule has 0 amide bonds. The fraction of sp³-hybridized carbons (Fsp3) is 0.273. The van der Waals surface area contributed by atoms with Crippen molar-refractivity contribution in [1.82, 2.24) is 0 Å². The predicted molar refractivity (Wildman–Crippen MR) is 59.1 cm³/mol. The number of ether oxygens (including phenoxy) is 1. The van der Waals surface area contributed by atoms with E-state index in [1.165, 1.54) is 13.2 Å². The number of esters is 1. The maximum absolute atomic E-state index is 11.5. The first-order chi connectivity index (χ1) is 7.99. The van der Waals surface area contributed by atoms with Crippen molar-refractivity contribution in [3.63, 3.8) is 0 Å². The molecule has 0 atom stereocenters. The Bertz CT molecular complexity index is 447. The normalized spacial score (nSPS) is 9.76. The standard InChI is InChI=1S/C11H11NO5/c1-3-10(13)7-4-8(11(14)17-2)6-9(5-7)12(15)16/h4-6H,3H2,1-2H3. The summed E-state index contributed by atoms with van der Waals surface area (Å²) in [6, 6.07) is 3.53. The molecule has 6 nitrogen and oxygen atoms in total. The van der Waals surface area contributed by atoms with Crippen LogP contribution in [0.4, 0.5) is 5.69 Å². The molecule has 0 aliphatic heterocycles. The van der Waals surface area contributed by atoms with Crippen LogP contribution in [-0.2, 0) is 4.74 Å². The number of hydrogen-bond acceptors (Lipinski definition) is 5. The highest BCUT2D eigenvalue weighted by atomic mass is 16.6. The smallest absolute Gasteiger partial charge is 0.338 e. The maximum Gasteiger partial charge on any atom is 0.338 e. The molecular formula is C11H11NO5. The second-order valence-electron chi connectivity index (χ2n) is 3.29. The van der Waals surface area contributed by atoms with Gasteiger partial charge in [0.2, 0.25) is 0 Å². The Balaban J connectivity index is 3.33. The number of non-ortho nitro benzene ring substituents is 1. The van der Waals surface area contributed by atoms with Crippen LogP contribution in [0.3, 0.4) is 0 Å². The number of carbonyl (C=O) groups excluding carboxylic acids is 2. The molecule has 0 aliphatic rings. The summed E-state index contributed by atoms with van der Waals surface area (Å²) in [6.07, 6.45) is 0.210. The second kappa shape index (κ2) is 5.20. The average Bonchev–Trinajstić information content (AvgIpc) is 2.36. The van der Waals surface area contributed by atoms with Gasteiger partial charge in [0, 0.05) is 24.1 Å². The largest absolute Gasteiger partial charge is 0.465 e. The molecule has 1 rings (SSSR count). The first-order valence-electron chi connectivity index (χ1n) is 4.90. The van der Waals surface area contributed by atoms with Crippen LogP contribution in [-0.4, -0.2) is 23.8 Å². The Kier molecular flexibility index (Phi) is 3.92. The minimum Gasteiger partial charge on any atom is -0.465 e. The minimum atomic E-state index is -0.709. The molecule has 0 saturated carbocycles. The van der Waals surface area contributed by atoms with Crippen LogP contribution >= 0.6 is 0 Å². The van der Waals surface area contributed by atoms with Crippen molar-refractivity contribution in [3.05, 3.63) is 39.4 Å². The fourth-order valence-corrected chi connectivity index (χ4v) is 1.32. The molecule has 6 heteroatoms. The van der Waals surface area contributed by atoms with Crippen molar-refractivity contribution in [2.24, 2.45) is 0 Å². The molecule has 0 fully saturated rings. The van der Waals surface area contributed by atoms with Gasteiger partial charge in [-0.25, -0.2) is 4.79 Å². The quantitative estimate of drug-likeness (QED) is 0.346. The van der Waals surface area contributed by atoms with Gasteiger partial charge in [-0.1, -0.05) is 6.92 Å². The molecule has 0 bridgehead atoms. The van der Waals surface area contributed by atoms with E-state index < -0.39 is 10.9 Å². The van der Waals surface area contributed by atoms with E-state index in [4.69, 9.17) is 0 Å². The number of ketones is 1. The van der Waals surface area contributed by atoms with E-state index in [2.05, 4.69) is 4.74 Å². The molecule has 0 aromatic heterocycles. The van der Waals surface area contributed by atoms with Gasteiger partial charge in [-0.05, 0) is 6.07 Å². The first kappa shape index (κ1) is 12.8. The van der Waals surface area contributed by atoms with Gasteiger partial charge in [0.25, 0.3) is 5.69 Å². The molecule has 0 radical (unpaired) electrons. The lowest BCUT2D eigenvalue weighted by Crippen LogP contribution is -2.06. The third kappa shape index (κ3) is 2.87. The zero-order chi connectivity index (χ0) is 13.0. The lowest BCUT2D eigenvalue weighted by Gasteiger charge is -2.03. The van der Waals surface area contributed by atoms with E-state index in [0.29, 0.717) is 0 Å². The summed E-state index contributed by atoms with van der Waals surface area (Å²) >= 11 is 0. The molecule has 17 heavy (non-hydrogen) atoms. The highest BCUT2D eigenvalue weighted by molar-refractivity contribution is 5.99. The van der Waals surface area contributed by atoms with E-state index in [9.17, 15) is 19.7 Å². The van der Waals surface area contributed by atoms with Gasteiger partial charge in [0.05, 0.1) is 17.6 Å². The van der Waals surface area contributed by atoms with Crippen LogP contribution in [0, 0.1) is 10.1 Å². The third-order valence-electron chi connectivity index (χ3n) is 2.19. The monoisotopic (exact) mass is 237 g/mol. The summed E-state index contributed by atoms with van der Waals surface area (Å²) in [5.41, 5.74) is -0.162. The fourth-order valence-electron chi connectivity index (χ4n) is 1.32. The molecule has 90 valence electrons. The Morgan fingerprint density at radius 3 is 2.35 bits per heavy atom. The molecular weight excluding hydrogens is 226 g/mol. The van der Waals surface area contributed by atoms with Crippen molar-refractivity contribution < 1.29 is 19.2 Å². The van der Waals surface area contributed by atoms with Gasteiger partial charge in [-0.3, -0.25) is 14.9 Å². The van der Waals surface area contributed by atoms with Crippen LogP contribution in [0.15, 0.2) is 18.2 Å². The summed E-state index contributed by atoms with van der Waals surface area (Å²) in [6.45, 7) is 1.64. The van der Waals surface area contributed by atoms with Gasteiger partial charge in [0.15, 0.2) is 5.78 Å². The van der Waals surface area contributed by atoms with Gasteiger partial charge in [0.1, 0.15) is 0 Å². The van der Waals surface area contributed by atoms with Crippen molar-refractivity contribution in [2.45, 2.75) is 13.3 Å². The van der Waals surface area contributed by atoms with E-state index in [1.54, 1.807) is 6.92 Å². The summed E-state index contributed by atoms with van der Waals surface area (Å²) < 4.78 is 4.47. The number of nitro benzene ring substituents is 1. The zero-order valence-electron chi connectivity index (χ0n) is 9.43. The van der Waals surface area contributed by atoms with E-state index in [-0.39, 0.29) is 29.0 Å². The summed E-state index contributed by atoms with van der Waals surface area (Å²) in [4.78, 5) is 32.8. The number of rotatable bonds is 4. The van der Waals surface area contributed by atoms with Crippen LogP contribution in [0.2, 0.25) is 0 Å². The summed E-state index contributed by atoms with van der Waals surface area (Å²) in [5.74, 6) is -0.974. The Morgan fingerprint density at radius 1 is 1.29 bits per heavy atom. The molecule has 0 saturated heterocycles. The van der Waals surface area contributed by atoms with Gasteiger partial charge in [-0.2, -0.15) is 0 Å². The third-order valence-corrected chi connectivity index (χ3v) is 2.19. The molecule has 0 spiro atoms. The molecule has 1 aromatic rings. The predicted octanol–water partition coefficient (Wildman–Crippen LogP) is 1.97. The molecule has 1 aromatic carbocycles. The first-order valence-corrected chi connectivity index (χ1v) is 4.90. The van der Waals surface area contributed by atoms with Gasteiger partial charge in [-0.15, -0.1) is 0 Å². The topological polar surface area (TPSA) is 86.5 Å². The average molecular weight is 237 g/mol. The molecule has 0 unspecified atom stereocenters. The zero-order valence-corrected chi connectivity index (χ0v) is 9.43. The van der Waals surface area contributed by atoms with Crippen LogP contribution in [0.25, 0.3) is 0 Å².